The van der Waals surface area contributed by atoms with Crippen molar-refractivity contribution >= 4 is 23.2 Å². The van der Waals surface area contributed by atoms with E-state index < -0.39 is 6.10 Å². The lowest BCUT2D eigenvalue weighted by Crippen LogP contribution is -2.52. The smallest absolute Gasteiger partial charge is 0.194 e. The summed E-state index contributed by atoms with van der Waals surface area (Å²) in [4.78, 5) is 9.00. The molecule has 1 fully saturated rings. The number of aromatic hydroxyl groups is 1. The van der Waals surface area contributed by atoms with Gasteiger partial charge in [-0.3, -0.25) is 4.99 Å². The van der Waals surface area contributed by atoms with E-state index in [1.54, 1.807) is 18.2 Å². The summed E-state index contributed by atoms with van der Waals surface area (Å²) in [5.74, 6) is 1.11. The second kappa shape index (κ2) is 9.66. The Morgan fingerprint density at radius 3 is 2.43 bits per heavy atom. The highest BCUT2D eigenvalue weighted by Crippen LogP contribution is 2.27. The number of aliphatic imine (C=N–C) groups is 1. The lowest BCUT2D eigenvalue weighted by molar-refractivity contribution is 0.186. The van der Waals surface area contributed by atoms with Crippen LogP contribution < -0.4 is 10.2 Å². The Bertz CT molecular complexity index is 789. The van der Waals surface area contributed by atoms with Gasteiger partial charge in [-0.15, -0.1) is 0 Å². The molecule has 3 N–H and O–H groups in total. The summed E-state index contributed by atoms with van der Waals surface area (Å²) in [6, 6.07) is 14.6. The number of anilines is 1. The average molecular weight is 403 g/mol. The molecule has 0 spiro atoms. The Hall–Kier alpha value is -2.44. The average Bonchev–Trinajstić information content (AvgIpc) is 2.72. The van der Waals surface area contributed by atoms with Crippen molar-refractivity contribution in [2.24, 2.45) is 4.99 Å². The summed E-state index contributed by atoms with van der Waals surface area (Å²) < 4.78 is 0. The van der Waals surface area contributed by atoms with E-state index in [-0.39, 0.29) is 6.54 Å². The van der Waals surface area contributed by atoms with Crippen molar-refractivity contribution in [3.8, 4) is 5.75 Å². The molecule has 6 nitrogen and oxygen atoms in total. The van der Waals surface area contributed by atoms with Crippen molar-refractivity contribution < 1.29 is 10.2 Å². The van der Waals surface area contributed by atoms with Gasteiger partial charge in [0.25, 0.3) is 0 Å². The van der Waals surface area contributed by atoms with Gasteiger partial charge >= 0.3 is 0 Å². The second-order valence-corrected chi connectivity index (χ2v) is 7.16. The molecular formula is C21H27ClN4O2. The number of halogens is 1. The molecule has 2 aromatic rings. The number of aliphatic hydroxyl groups excluding tert-OH is 1. The number of hydrogen-bond donors (Lipinski definition) is 3. The fourth-order valence-corrected chi connectivity index (χ4v) is 3.41. The third kappa shape index (κ3) is 5.09. The van der Waals surface area contributed by atoms with E-state index in [0.29, 0.717) is 10.8 Å². The van der Waals surface area contributed by atoms with Gasteiger partial charge in [0, 0.05) is 37.7 Å². The van der Waals surface area contributed by atoms with Crippen LogP contribution in [0.1, 0.15) is 18.6 Å². The molecule has 1 heterocycles. The lowest BCUT2D eigenvalue weighted by Gasteiger charge is -2.38. The Balaban J connectivity index is 1.62. The van der Waals surface area contributed by atoms with Gasteiger partial charge in [0.05, 0.1) is 18.3 Å². The van der Waals surface area contributed by atoms with E-state index in [1.807, 2.05) is 37.3 Å². The third-order valence-corrected chi connectivity index (χ3v) is 5.06. The summed E-state index contributed by atoms with van der Waals surface area (Å²) in [5, 5.41) is 24.4. The van der Waals surface area contributed by atoms with Crippen molar-refractivity contribution in [3.05, 3.63) is 59.1 Å². The van der Waals surface area contributed by atoms with Crippen molar-refractivity contribution in [1.29, 1.82) is 0 Å². The lowest BCUT2D eigenvalue weighted by atomic mass is 10.1. The largest absolute Gasteiger partial charge is 0.506 e. The molecule has 0 saturated carbocycles. The molecule has 0 amide bonds. The molecule has 0 aliphatic carbocycles. The van der Waals surface area contributed by atoms with Gasteiger partial charge in [-0.1, -0.05) is 35.9 Å². The first kappa shape index (κ1) is 20.3. The fourth-order valence-electron chi connectivity index (χ4n) is 3.28. The predicted octanol–water partition coefficient (Wildman–Crippen LogP) is 2.87. The Morgan fingerprint density at radius 1 is 1.11 bits per heavy atom. The quantitative estimate of drug-likeness (QED) is 0.530. The number of rotatable bonds is 5. The molecule has 2 aromatic carbocycles. The van der Waals surface area contributed by atoms with Gasteiger partial charge in [-0.05, 0) is 36.8 Å². The molecule has 7 heteroatoms. The van der Waals surface area contributed by atoms with Crippen molar-refractivity contribution in [2.75, 3.05) is 44.2 Å². The molecule has 1 atom stereocenters. The minimum Gasteiger partial charge on any atom is -0.506 e. The van der Waals surface area contributed by atoms with Gasteiger partial charge in [0.2, 0.25) is 0 Å². The van der Waals surface area contributed by atoms with Crippen LogP contribution in [0.3, 0.4) is 0 Å². The van der Waals surface area contributed by atoms with Crippen molar-refractivity contribution in [3.63, 3.8) is 0 Å². The van der Waals surface area contributed by atoms with E-state index >= 15 is 0 Å². The van der Waals surface area contributed by atoms with Crippen LogP contribution >= 0.6 is 11.6 Å². The van der Waals surface area contributed by atoms with Crippen LogP contribution in [0.5, 0.6) is 5.75 Å². The zero-order valence-corrected chi connectivity index (χ0v) is 16.8. The van der Waals surface area contributed by atoms with Crippen LogP contribution in [0.15, 0.2) is 53.5 Å². The van der Waals surface area contributed by atoms with Gasteiger partial charge in [-0.2, -0.15) is 0 Å². The Kier molecular flexibility index (Phi) is 7.01. The van der Waals surface area contributed by atoms with Crippen LogP contribution in [0.25, 0.3) is 0 Å². The van der Waals surface area contributed by atoms with Crippen LogP contribution in [-0.4, -0.2) is 60.3 Å². The van der Waals surface area contributed by atoms with Gasteiger partial charge in [0.1, 0.15) is 5.75 Å². The first-order valence-corrected chi connectivity index (χ1v) is 9.96. The molecule has 150 valence electrons. The van der Waals surface area contributed by atoms with E-state index in [9.17, 15) is 10.2 Å². The molecule has 28 heavy (non-hydrogen) atoms. The number of phenolic OH excluding ortho intramolecular Hbond substituents is 1. The number of benzene rings is 2. The van der Waals surface area contributed by atoms with Crippen molar-refractivity contribution in [1.82, 2.24) is 10.2 Å². The highest BCUT2D eigenvalue weighted by molar-refractivity contribution is 6.30. The first-order valence-electron chi connectivity index (χ1n) is 9.58. The minimum atomic E-state index is -0.673. The highest BCUT2D eigenvalue weighted by atomic mass is 35.5. The van der Waals surface area contributed by atoms with Crippen LogP contribution in [0.2, 0.25) is 5.02 Å². The maximum Gasteiger partial charge on any atom is 0.194 e. The number of nitrogens with one attached hydrogen (secondary N) is 1. The summed E-state index contributed by atoms with van der Waals surface area (Å²) in [6.45, 7) is 6.24. The summed E-state index contributed by atoms with van der Waals surface area (Å²) >= 11 is 5.91. The van der Waals surface area contributed by atoms with Crippen molar-refractivity contribution in [2.45, 2.75) is 13.0 Å². The van der Waals surface area contributed by atoms with E-state index in [4.69, 9.17) is 11.6 Å². The van der Waals surface area contributed by atoms with Crippen LogP contribution in [0.4, 0.5) is 5.69 Å². The SMILES string of the molecule is CCNC(=NCC(O)c1ccc(Cl)cc1)N1CCN(c2ccccc2O)CC1. The predicted molar refractivity (Wildman–Crippen MR) is 114 cm³/mol. The normalized spacial score (nSPS) is 16.2. The molecule has 1 unspecified atom stereocenters. The number of phenols is 1. The summed E-state index contributed by atoms with van der Waals surface area (Å²) in [7, 11) is 0. The molecule has 0 bridgehead atoms. The number of para-hydroxylation sites is 2. The van der Waals surface area contributed by atoms with Gasteiger partial charge in [0.15, 0.2) is 5.96 Å². The number of guanidine groups is 1. The zero-order valence-electron chi connectivity index (χ0n) is 16.1. The standard InChI is InChI=1S/C21H27ClN4O2/c1-2-23-21(24-15-20(28)16-7-9-17(22)10-8-16)26-13-11-25(12-14-26)18-5-3-4-6-19(18)27/h3-10,20,27-28H,2,11-15H2,1H3,(H,23,24). The van der Waals surface area contributed by atoms with Crippen LogP contribution in [-0.2, 0) is 0 Å². The summed E-state index contributed by atoms with van der Waals surface area (Å²) in [5.41, 5.74) is 1.66. The highest BCUT2D eigenvalue weighted by Gasteiger charge is 2.21. The molecule has 1 aliphatic rings. The topological polar surface area (TPSA) is 71.3 Å². The molecule has 1 aliphatic heterocycles. The minimum absolute atomic E-state index is 0.281. The van der Waals surface area contributed by atoms with E-state index in [1.165, 1.54) is 0 Å². The summed E-state index contributed by atoms with van der Waals surface area (Å²) in [6.07, 6.45) is -0.673. The molecule has 0 radical (unpaired) electrons. The zero-order chi connectivity index (χ0) is 19.9. The molecular weight excluding hydrogens is 376 g/mol. The first-order chi connectivity index (χ1) is 13.6. The second-order valence-electron chi connectivity index (χ2n) is 6.72. The fraction of sp³-hybridized carbons (Fsp3) is 0.381. The Morgan fingerprint density at radius 2 is 1.79 bits per heavy atom. The number of aliphatic hydroxyl groups is 1. The Labute approximate surface area is 171 Å². The van der Waals surface area contributed by atoms with E-state index in [0.717, 1.165) is 49.9 Å². The number of nitrogens with zero attached hydrogens (tertiary/aromatic N) is 3. The van der Waals surface area contributed by atoms with Gasteiger partial charge < -0.3 is 25.3 Å². The van der Waals surface area contributed by atoms with Crippen LogP contribution in [0, 0.1) is 0 Å². The molecule has 0 aromatic heterocycles. The number of hydrogen-bond acceptors (Lipinski definition) is 4. The molecule has 3 rings (SSSR count). The van der Waals surface area contributed by atoms with E-state index in [2.05, 4.69) is 20.1 Å². The number of piperazine rings is 1. The monoisotopic (exact) mass is 402 g/mol. The van der Waals surface area contributed by atoms with Gasteiger partial charge in [-0.25, -0.2) is 0 Å². The molecule has 1 saturated heterocycles. The maximum absolute atomic E-state index is 10.4. The third-order valence-electron chi connectivity index (χ3n) is 4.81. The maximum atomic E-state index is 10.4.